The van der Waals surface area contributed by atoms with Crippen LogP contribution in [-0.2, 0) is 9.53 Å². The van der Waals surface area contributed by atoms with E-state index in [9.17, 15) is 10.1 Å². The van der Waals surface area contributed by atoms with E-state index in [4.69, 9.17) is 22.1 Å². The fourth-order valence-corrected chi connectivity index (χ4v) is 3.36. The Balaban J connectivity index is 2.22. The van der Waals surface area contributed by atoms with E-state index in [2.05, 4.69) is 6.07 Å². The third kappa shape index (κ3) is 2.28. The molecule has 0 radical (unpaired) electrons. The van der Waals surface area contributed by atoms with Crippen molar-refractivity contribution < 1.29 is 9.53 Å². The maximum absolute atomic E-state index is 12.5. The zero-order chi connectivity index (χ0) is 15.9. The number of nitrogens with zero attached hydrogens (tertiary/aromatic N) is 1. The number of benzene rings is 1. The van der Waals surface area contributed by atoms with E-state index in [1.54, 1.807) is 6.07 Å². The van der Waals surface area contributed by atoms with Gasteiger partial charge in [0, 0.05) is 23.4 Å². The fourth-order valence-electron chi connectivity index (χ4n) is 3.11. The maximum atomic E-state index is 12.5. The summed E-state index contributed by atoms with van der Waals surface area (Å²) in [5.41, 5.74) is 7.39. The molecule has 0 fully saturated rings. The third-order valence-corrected chi connectivity index (χ3v) is 4.43. The van der Waals surface area contributed by atoms with Crippen molar-refractivity contribution in [2.75, 3.05) is 0 Å². The Morgan fingerprint density at radius 1 is 1.36 bits per heavy atom. The summed E-state index contributed by atoms with van der Waals surface area (Å²) in [6.45, 7) is 2.00. The highest BCUT2D eigenvalue weighted by atomic mass is 35.5. The third-order valence-electron chi connectivity index (χ3n) is 4.08. The minimum atomic E-state index is -0.539. The van der Waals surface area contributed by atoms with Gasteiger partial charge in [-0.1, -0.05) is 36.7 Å². The van der Waals surface area contributed by atoms with Crippen LogP contribution < -0.4 is 5.73 Å². The number of ether oxygens (including phenoxy) is 1. The van der Waals surface area contributed by atoms with Gasteiger partial charge in [-0.3, -0.25) is 4.79 Å². The molecule has 3 rings (SSSR count). The number of nitriles is 1. The molecule has 2 aliphatic rings. The zero-order valence-corrected chi connectivity index (χ0v) is 12.9. The van der Waals surface area contributed by atoms with Crippen molar-refractivity contribution in [3.63, 3.8) is 0 Å². The summed E-state index contributed by atoms with van der Waals surface area (Å²) in [6, 6.07) is 9.28. The van der Waals surface area contributed by atoms with Gasteiger partial charge in [-0.25, -0.2) is 0 Å². The van der Waals surface area contributed by atoms with Crippen LogP contribution in [0.3, 0.4) is 0 Å². The molecular formula is C17H15ClN2O2. The average Bonchev–Trinajstić information content (AvgIpc) is 2.46. The lowest BCUT2D eigenvalue weighted by Gasteiger charge is -2.33. The minimum absolute atomic E-state index is 0.00100. The van der Waals surface area contributed by atoms with Gasteiger partial charge in [-0.05, 0) is 17.5 Å². The molecule has 2 N–H and O–H groups in total. The van der Waals surface area contributed by atoms with Gasteiger partial charge >= 0.3 is 0 Å². The SMILES string of the molecule is C[C@@H]1CC(=O)C2=C(C1)OC(N)=C(C#N)[C@H]2c1ccccc1Cl. The van der Waals surface area contributed by atoms with Crippen LogP contribution >= 0.6 is 11.6 Å². The summed E-state index contributed by atoms with van der Waals surface area (Å²) in [5, 5.41) is 9.98. The Bertz CT molecular complexity index is 758. The van der Waals surface area contributed by atoms with Gasteiger partial charge in [0.25, 0.3) is 0 Å². The lowest BCUT2D eigenvalue weighted by Crippen LogP contribution is -2.29. The summed E-state index contributed by atoms with van der Waals surface area (Å²) in [7, 11) is 0. The van der Waals surface area contributed by atoms with Crippen LogP contribution in [0.5, 0.6) is 0 Å². The molecule has 112 valence electrons. The number of Topliss-reactive ketones (excluding diaryl/α,β-unsaturated/α-hetero) is 1. The highest BCUT2D eigenvalue weighted by Crippen LogP contribution is 2.45. The average molecular weight is 315 g/mol. The topological polar surface area (TPSA) is 76.1 Å². The van der Waals surface area contributed by atoms with Gasteiger partial charge < -0.3 is 10.5 Å². The Hall–Kier alpha value is -2.25. The van der Waals surface area contributed by atoms with Gasteiger partial charge in [0.2, 0.25) is 5.88 Å². The number of halogens is 1. The summed E-state index contributed by atoms with van der Waals surface area (Å²) in [4.78, 5) is 12.5. The second-order valence-electron chi connectivity index (χ2n) is 5.72. The Morgan fingerprint density at radius 3 is 2.77 bits per heavy atom. The van der Waals surface area contributed by atoms with Gasteiger partial charge in [0.1, 0.15) is 17.4 Å². The van der Waals surface area contributed by atoms with Crippen molar-refractivity contribution in [1.29, 1.82) is 5.26 Å². The van der Waals surface area contributed by atoms with Crippen LogP contribution in [0.4, 0.5) is 0 Å². The number of hydrogen-bond acceptors (Lipinski definition) is 4. The Kier molecular flexibility index (Phi) is 3.67. The second-order valence-corrected chi connectivity index (χ2v) is 6.13. The van der Waals surface area contributed by atoms with Crippen LogP contribution in [0.1, 0.15) is 31.2 Å². The lowest BCUT2D eigenvalue weighted by atomic mass is 9.75. The largest absolute Gasteiger partial charge is 0.444 e. The fraction of sp³-hybridized carbons (Fsp3) is 0.294. The first-order chi connectivity index (χ1) is 10.5. The predicted molar refractivity (Wildman–Crippen MR) is 82.5 cm³/mol. The molecule has 0 unspecified atom stereocenters. The molecule has 1 aliphatic carbocycles. The normalized spacial score (nSPS) is 24.7. The Morgan fingerprint density at radius 2 is 2.09 bits per heavy atom. The lowest BCUT2D eigenvalue weighted by molar-refractivity contribution is -0.117. The first kappa shape index (κ1) is 14.7. The van der Waals surface area contributed by atoms with Gasteiger partial charge in [-0.15, -0.1) is 0 Å². The van der Waals surface area contributed by atoms with E-state index in [0.717, 1.165) is 0 Å². The zero-order valence-electron chi connectivity index (χ0n) is 12.1. The van der Waals surface area contributed by atoms with Crippen LogP contribution in [0, 0.1) is 17.2 Å². The van der Waals surface area contributed by atoms with E-state index >= 15 is 0 Å². The molecule has 22 heavy (non-hydrogen) atoms. The first-order valence-corrected chi connectivity index (χ1v) is 7.49. The number of hydrogen-bond donors (Lipinski definition) is 1. The van der Waals surface area contributed by atoms with Crippen LogP contribution in [0.15, 0.2) is 47.1 Å². The van der Waals surface area contributed by atoms with E-state index in [1.807, 2.05) is 25.1 Å². The molecule has 1 aliphatic heterocycles. The van der Waals surface area contributed by atoms with Crippen LogP contribution in [0.2, 0.25) is 5.02 Å². The molecule has 2 atom stereocenters. The second kappa shape index (κ2) is 5.51. The quantitative estimate of drug-likeness (QED) is 0.862. The predicted octanol–water partition coefficient (Wildman–Crippen LogP) is 3.40. The van der Waals surface area contributed by atoms with Crippen molar-refractivity contribution in [3.05, 3.63) is 57.6 Å². The minimum Gasteiger partial charge on any atom is -0.444 e. The van der Waals surface area contributed by atoms with Crippen LogP contribution in [-0.4, -0.2) is 5.78 Å². The Labute approximate surface area is 133 Å². The molecule has 0 saturated heterocycles. The van der Waals surface area contributed by atoms with E-state index in [1.165, 1.54) is 0 Å². The highest BCUT2D eigenvalue weighted by Gasteiger charge is 2.40. The standard InChI is InChI=1S/C17H15ClN2O2/c1-9-6-13(21)16-14(7-9)22-17(20)11(8-19)15(16)10-4-2-3-5-12(10)18/h2-5,9,15H,6-7,20H2,1H3/t9-,15-/m1/s1. The van der Waals surface area contributed by atoms with Gasteiger partial charge in [0.15, 0.2) is 5.78 Å². The van der Waals surface area contributed by atoms with Crippen molar-refractivity contribution in [2.24, 2.45) is 11.7 Å². The summed E-state index contributed by atoms with van der Waals surface area (Å²) in [5.74, 6) is 0.300. The highest BCUT2D eigenvalue weighted by molar-refractivity contribution is 6.31. The van der Waals surface area contributed by atoms with Gasteiger partial charge in [0.05, 0.1) is 5.92 Å². The van der Waals surface area contributed by atoms with E-state index < -0.39 is 5.92 Å². The molecule has 0 saturated carbocycles. The molecule has 0 aromatic heterocycles. The molecule has 0 amide bonds. The number of rotatable bonds is 1. The van der Waals surface area contributed by atoms with Crippen LogP contribution in [0.25, 0.3) is 0 Å². The van der Waals surface area contributed by atoms with E-state index in [0.29, 0.717) is 34.8 Å². The molecule has 4 nitrogen and oxygen atoms in total. The van der Waals surface area contributed by atoms with Crippen molar-refractivity contribution >= 4 is 17.4 Å². The molecule has 1 aromatic rings. The van der Waals surface area contributed by atoms with Crippen molar-refractivity contribution in [2.45, 2.75) is 25.7 Å². The number of nitrogens with two attached hydrogens (primary N) is 1. The van der Waals surface area contributed by atoms with E-state index in [-0.39, 0.29) is 23.2 Å². The number of ketones is 1. The molecule has 5 heteroatoms. The molecule has 0 bridgehead atoms. The monoisotopic (exact) mass is 314 g/mol. The summed E-state index contributed by atoms with van der Waals surface area (Å²) < 4.78 is 5.58. The summed E-state index contributed by atoms with van der Waals surface area (Å²) >= 11 is 6.29. The van der Waals surface area contributed by atoms with Crippen molar-refractivity contribution in [1.82, 2.24) is 0 Å². The number of carbonyl (C=O) groups is 1. The molecular weight excluding hydrogens is 300 g/mol. The summed E-state index contributed by atoms with van der Waals surface area (Å²) in [6.07, 6.45) is 1.09. The van der Waals surface area contributed by atoms with Crippen molar-refractivity contribution in [3.8, 4) is 6.07 Å². The molecule has 0 spiro atoms. The molecule has 1 heterocycles. The number of carbonyl (C=O) groups excluding carboxylic acids is 1. The van der Waals surface area contributed by atoms with Gasteiger partial charge in [-0.2, -0.15) is 5.26 Å². The first-order valence-electron chi connectivity index (χ1n) is 7.11. The number of allylic oxidation sites excluding steroid dienone is 3. The molecule has 1 aromatic carbocycles. The smallest absolute Gasteiger partial charge is 0.205 e. The maximum Gasteiger partial charge on any atom is 0.205 e.